The van der Waals surface area contributed by atoms with Gasteiger partial charge in [-0.25, -0.2) is 0 Å². The minimum atomic E-state index is -0.373. The van der Waals surface area contributed by atoms with E-state index in [4.69, 9.17) is 11.6 Å². The van der Waals surface area contributed by atoms with Crippen LogP contribution in [0.25, 0.3) is 0 Å². The third-order valence-electron chi connectivity index (χ3n) is 5.36. The van der Waals surface area contributed by atoms with Crippen LogP contribution in [0.15, 0.2) is 23.1 Å². The van der Waals surface area contributed by atoms with Gasteiger partial charge in [0.15, 0.2) is 0 Å². The molecule has 0 spiro atoms. The Balaban J connectivity index is 1.28. The summed E-state index contributed by atoms with van der Waals surface area (Å²) >= 11 is 7.43. The lowest BCUT2D eigenvalue weighted by atomic mass is 10.0. The smallest absolute Gasteiger partial charge is 0.238 e. The second-order valence-corrected chi connectivity index (χ2v) is 9.13. The van der Waals surface area contributed by atoms with Gasteiger partial charge in [0.05, 0.1) is 10.9 Å². The third kappa shape index (κ3) is 4.35. The SMILES string of the molecule is O=C1Nc2cc(Cl)ccc2SC1CC(=O)N1CCC(NCC2CC2)CC1. The fourth-order valence-electron chi connectivity index (χ4n) is 3.53. The molecule has 4 rings (SSSR count). The number of carbonyl (C=O) groups excluding carboxylic acids is 2. The Hall–Kier alpha value is -1.24. The second kappa shape index (κ2) is 7.79. The molecule has 5 nitrogen and oxygen atoms in total. The van der Waals surface area contributed by atoms with Crippen LogP contribution in [0.2, 0.25) is 5.02 Å². The number of amides is 2. The Bertz CT molecular complexity index is 702. The highest BCUT2D eigenvalue weighted by Gasteiger charge is 2.32. The monoisotopic (exact) mass is 393 g/mol. The van der Waals surface area contributed by atoms with E-state index in [9.17, 15) is 9.59 Å². The number of nitrogens with one attached hydrogen (secondary N) is 2. The predicted octanol–water partition coefficient (Wildman–Crippen LogP) is 3.13. The van der Waals surface area contributed by atoms with E-state index in [2.05, 4.69) is 10.6 Å². The maximum Gasteiger partial charge on any atom is 0.238 e. The first-order chi connectivity index (χ1) is 12.6. The number of hydrogen-bond donors (Lipinski definition) is 2. The quantitative estimate of drug-likeness (QED) is 0.806. The molecule has 0 bridgehead atoms. The molecule has 1 unspecified atom stereocenters. The Kier molecular flexibility index (Phi) is 5.43. The topological polar surface area (TPSA) is 61.4 Å². The highest BCUT2D eigenvalue weighted by atomic mass is 35.5. The molecule has 2 amide bonds. The van der Waals surface area contributed by atoms with Crippen LogP contribution in [0.4, 0.5) is 5.69 Å². The van der Waals surface area contributed by atoms with E-state index < -0.39 is 0 Å². The average molecular weight is 394 g/mol. The van der Waals surface area contributed by atoms with E-state index in [-0.39, 0.29) is 23.5 Å². The Morgan fingerprint density at radius 1 is 1.27 bits per heavy atom. The zero-order chi connectivity index (χ0) is 18.1. The first-order valence-corrected chi connectivity index (χ1v) is 10.6. The normalized spacial score (nSPS) is 23.5. The number of hydrogen-bond acceptors (Lipinski definition) is 4. The van der Waals surface area contributed by atoms with Crippen LogP contribution < -0.4 is 10.6 Å². The first kappa shape index (κ1) is 18.1. The van der Waals surface area contributed by atoms with Gasteiger partial charge in [-0.05, 0) is 56.3 Å². The number of anilines is 1. The van der Waals surface area contributed by atoms with E-state index in [1.54, 1.807) is 6.07 Å². The molecule has 3 aliphatic rings. The minimum Gasteiger partial charge on any atom is -0.343 e. The zero-order valence-electron chi connectivity index (χ0n) is 14.7. The van der Waals surface area contributed by atoms with Crippen LogP contribution in [-0.4, -0.2) is 47.6 Å². The molecule has 7 heteroatoms. The maximum absolute atomic E-state index is 12.7. The molecule has 2 heterocycles. The second-order valence-electron chi connectivity index (χ2n) is 7.45. The van der Waals surface area contributed by atoms with Crippen molar-refractivity contribution >= 4 is 40.9 Å². The summed E-state index contributed by atoms with van der Waals surface area (Å²) in [5.41, 5.74) is 0.735. The average Bonchev–Trinajstić information content (AvgIpc) is 3.45. The highest BCUT2D eigenvalue weighted by molar-refractivity contribution is 8.01. The lowest BCUT2D eigenvalue weighted by molar-refractivity contribution is -0.133. The van der Waals surface area contributed by atoms with Crippen molar-refractivity contribution in [2.24, 2.45) is 5.92 Å². The summed E-state index contributed by atoms with van der Waals surface area (Å²) in [5, 5.41) is 6.73. The predicted molar refractivity (Wildman–Crippen MR) is 105 cm³/mol. The van der Waals surface area contributed by atoms with Gasteiger partial charge in [0.1, 0.15) is 0 Å². The Morgan fingerprint density at radius 3 is 2.77 bits per heavy atom. The molecule has 1 saturated heterocycles. The number of thioether (sulfide) groups is 1. The molecule has 1 aliphatic carbocycles. The largest absolute Gasteiger partial charge is 0.343 e. The van der Waals surface area contributed by atoms with E-state index in [0.717, 1.165) is 49.0 Å². The van der Waals surface area contributed by atoms with Gasteiger partial charge in [-0.15, -0.1) is 11.8 Å². The van der Waals surface area contributed by atoms with E-state index in [0.29, 0.717) is 11.1 Å². The molecule has 1 atom stereocenters. The molecule has 26 heavy (non-hydrogen) atoms. The van der Waals surface area contributed by atoms with E-state index in [1.807, 2.05) is 17.0 Å². The van der Waals surface area contributed by atoms with E-state index in [1.165, 1.54) is 24.6 Å². The number of halogens is 1. The Morgan fingerprint density at radius 2 is 2.04 bits per heavy atom. The third-order valence-corrected chi connectivity index (χ3v) is 6.87. The van der Waals surface area contributed by atoms with Gasteiger partial charge in [-0.3, -0.25) is 9.59 Å². The summed E-state index contributed by atoms with van der Waals surface area (Å²) < 4.78 is 0. The molecular formula is C19H24ClN3O2S. The van der Waals surface area contributed by atoms with Crippen molar-refractivity contribution in [1.82, 2.24) is 10.2 Å². The number of rotatable bonds is 5. The van der Waals surface area contributed by atoms with Crippen molar-refractivity contribution < 1.29 is 9.59 Å². The highest BCUT2D eigenvalue weighted by Crippen LogP contribution is 2.38. The van der Waals surface area contributed by atoms with Crippen LogP contribution in [0.5, 0.6) is 0 Å². The molecular weight excluding hydrogens is 370 g/mol. The summed E-state index contributed by atoms with van der Waals surface area (Å²) in [7, 11) is 0. The fourth-order valence-corrected chi connectivity index (χ4v) is 4.79. The number of fused-ring (bicyclic) bond motifs is 1. The van der Waals surface area contributed by atoms with Crippen LogP contribution in [0.1, 0.15) is 32.1 Å². The summed E-state index contributed by atoms with van der Waals surface area (Å²) in [6.07, 6.45) is 4.98. The number of carbonyl (C=O) groups is 2. The lowest BCUT2D eigenvalue weighted by Crippen LogP contribution is -2.46. The van der Waals surface area contributed by atoms with Gasteiger partial charge in [0.25, 0.3) is 0 Å². The summed E-state index contributed by atoms with van der Waals surface area (Å²) in [6.45, 7) is 2.69. The summed E-state index contributed by atoms with van der Waals surface area (Å²) in [5.74, 6) is 0.851. The number of likely N-dealkylation sites (tertiary alicyclic amines) is 1. The van der Waals surface area contributed by atoms with Gasteiger partial charge in [0.2, 0.25) is 11.8 Å². The van der Waals surface area contributed by atoms with Gasteiger partial charge >= 0.3 is 0 Å². The maximum atomic E-state index is 12.7. The molecule has 2 N–H and O–H groups in total. The van der Waals surface area contributed by atoms with Gasteiger partial charge in [0, 0.05) is 35.5 Å². The van der Waals surface area contributed by atoms with E-state index >= 15 is 0 Å². The van der Waals surface area contributed by atoms with Gasteiger partial charge in [-0.1, -0.05) is 11.6 Å². The lowest BCUT2D eigenvalue weighted by Gasteiger charge is -2.33. The van der Waals surface area contributed by atoms with Crippen molar-refractivity contribution in [1.29, 1.82) is 0 Å². The first-order valence-electron chi connectivity index (χ1n) is 9.37. The van der Waals surface area contributed by atoms with Crippen molar-refractivity contribution in [3.05, 3.63) is 23.2 Å². The van der Waals surface area contributed by atoms with Crippen LogP contribution in [-0.2, 0) is 9.59 Å². The standard InChI is InChI=1S/C19H24ClN3O2S/c20-13-3-4-16-15(9-13)22-19(25)17(26-16)10-18(24)23-7-5-14(6-8-23)21-11-12-1-2-12/h3-4,9,12,14,17,21H,1-2,5-8,10-11H2,(H,22,25). The molecule has 1 aromatic rings. The van der Waals surface area contributed by atoms with Crippen LogP contribution >= 0.6 is 23.4 Å². The Labute approximate surface area is 163 Å². The van der Waals surface area contributed by atoms with Crippen LogP contribution in [0.3, 0.4) is 0 Å². The van der Waals surface area contributed by atoms with Crippen molar-refractivity contribution in [2.75, 3.05) is 25.0 Å². The molecule has 2 fully saturated rings. The molecule has 0 aromatic heterocycles. The minimum absolute atomic E-state index is 0.0794. The molecule has 1 aromatic carbocycles. The molecule has 1 saturated carbocycles. The molecule has 140 valence electrons. The number of piperidine rings is 1. The molecule has 0 radical (unpaired) electrons. The van der Waals surface area contributed by atoms with Crippen molar-refractivity contribution in [3.63, 3.8) is 0 Å². The zero-order valence-corrected chi connectivity index (χ0v) is 16.2. The number of nitrogens with zero attached hydrogens (tertiary/aromatic N) is 1. The fraction of sp³-hybridized carbons (Fsp3) is 0.579. The summed E-state index contributed by atoms with van der Waals surface area (Å²) in [6, 6.07) is 5.99. The molecule has 2 aliphatic heterocycles. The number of benzene rings is 1. The van der Waals surface area contributed by atoms with Gasteiger partial charge in [-0.2, -0.15) is 0 Å². The van der Waals surface area contributed by atoms with Gasteiger partial charge < -0.3 is 15.5 Å². The van der Waals surface area contributed by atoms with Crippen molar-refractivity contribution in [2.45, 2.75) is 48.3 Å². The van der Waals surface area contributed by atoms with Crippen LogP contribution in [0, 0.1) is 5.92 Å². The van der Waals surface area contributed by atoms with Crippen molar-refractivity contribution in [3.8, 4) is 0 Å². The summed E-state index contributed by atoms with van der Waals surface area (Å²) in [4.78, 5) is 27.9.